The molecule has 0 aliphatic rings. The SMILES string of the molecule is CNCCc1c(Br)c(-c2ccc(F)c(F)c2)nn1C. The average Bonchev–Trinajstić information content (AvgIpc) is 2.66. The Labute approximate surface area is 118 Å². The third-order valence-corrected chi connectivity index (χ3v) is 3.74. The van der Waals surface area contributed by atoms with Gasteiger partial charge in [0, 0.05) is 25.6 Å². The minimum Gasteiger partial charge on any atom is -0.319 e. The highest BCUT2D eigenvalue weighted by Gasteiger charge is 2.16. The van der Waals surface area contributed by atoms with Crippen LogP contribution in [0, 0.1) is 11.6 Å². The maximum Gasteiger partial charge on any atom is 0.159 e. The standard InChI is InChI=1S/C13H14BrF2N3/c1-17-6-5-11-12(14)13(18-19(11)2)8-3-4-9(15)10(16)7-8/h3-4,7,17H,5-6H2,1-2H3. The summed E-state index contributed by atoms with van der Waals surface area (Å²) in [6, 6.07) is 3.79. The summed E-state index contributed by atoms with van der Waals surface area (Å²) in [5, 5.41) is 7.42. The van der Waals surface area contributed by atoms with Gasteiger partial charge in [-0.15, -0.1) is 0 Å². The number of nitrogens with one attached hydrogen (secondary N) is 1. The molecule has 0 unspecified atom stereocenters. The Morgan fingerprint density at radius 3 is 2.68 bits per heavy atom. The lowest BCUT2D eigenvalue weighted by Crippen LogP contribution is -2.12. The quantitative estimate of drug-likeness (QED) is 0.934. The monoisotopic (exact) mass is 329 g/mol. The molecule has 0 amide bonds. The van der Waals surface area contributed by atoms with E-state index in [2.05, 4.69) is 26.3 Å². The van der Waals surface area contributed by atoms with Crippen molar-refractivity contribution in [1.29, 1.82) is 0 Å². The van der Waals surface area contributed by atoms with Gasteiger partial charge in [-0.3, -0.25) is 4.68 Å². The molecule has 1 aromatic carbocycles. The van der Waals surface area contributed by atoms with Gasteiger partial charge in [0.05, 0.1) is 10.2 Å². The molecule has 0 atom stereocenters. The van der Waals surface area contributed by atoms with Crippen LogP contribution in [0.25, 0.3) is 11.3 Å². The van der Waals surface area contributed by atoms with Crippen LogP contribution in [0.15, 0.2) is 22.7 Å². The Balaban J connectivity index is 2.42. The molecular weight excluding hydrogens is 316 g/mol. The maximum absolute atomic E-state index is 13.3. The number of hydrogen-bond acceptors (Lipinski definition) is 2. The van der Waals surface area contributed by atoms with E-state index in [1.54, 1.807) is 4.68 Å². The van der Waals surface area contributed by atoms with Gasteiger partial charge in [-0.05, 0) is 41.2 Å². The highest BCUT2D eigenvalue weighted by atomic mass is 79.9. The highest BCUT2D eigenvalue weighted by Crippen LogP contribution is 2.31. The van der Waals surface area contributed by atoms with Crippen molar-refractivity contribution in [2.45, 2.75) is 6.42 Å². The van der Waals surface area contributed by atoms with Crippen molar-refractivity contribution in [2.24, 2.45) is 7.05 Å². The van der Waals surface area contributed by atoms with E-state index in [-0.39, 0.29) is 0 Å². The number of likely N-dealkylation sites (N-methyl/N-ethyl adjacent to an activating group) is 1. The molecule has 0 bridgehead atoms. The molecule has 19 heavy (non-hydrogen) atoms. The van der Waals surface area contributed by atoms with E-state index < -0.39 is 11.6 Å². The molecule has 102 valence electrons. The molecule has 2 aromatic rings. The first kappa shape index (κ1) is 14.1. The number of aromatic nitrogens is 2. The van der Waals surface area contributed by atoms with E-state index in [1.165, 1.54) is 6.07 Å². The summed E-state index contributed by atoms with van der Waals surface area (Å²) in [6.45, 7) is 0.815. The predicted octanol–water partition coefficient (Wildman–Crippen LogP) is 2.89. The van der Waals surface area contributed by atoms with Gasteiger partial charge < -0.3 is 5.32 Å². The summed E-state index contributed by atoms with van der Waals surface area (Å²) in [7, 11) is 3.71. The van der Waals surface area contributed by atoms with Gasteiger partial charge in [0.25, 0.3) is 0 Å². The van der Waals surface area contributed by atoms with E-state index >= 15 is 0 Å². The second-order valence-corrected chi connectivity index (χ2v) is 5.01. The third kappa shape index (κ3) is 2.84. The molecule has 0 aliphatic heterocycles. The molecule has 6 heteroatoms. The molecule has 0 saturated carbocycles. The zero-order chi connectivity index (χ0) is 14.0. The highest BCUT2D eigenvalue weighted by molar-refractivity contribution is 9.10. The number of nitrogens with zero attached hydrogens (tertiary/aromatic N) is 2. The smallest absolute Gasteiger partial charge is 0.159 e. The predicted molar refractivity (Wildman–Crippen MR) is 73.9 cm³/mol. The minimum atomic E-state index is -0.869. The summed E-state index contributed by atoms with van der Waals surface area (Å²) in [4.78, 5) is 0. The fourth-order valence-electron chi connectivity index (χ4n) is 1.88. The van der Waals surface area contributed by atoms with E-state index in [0.717, 1.165) is 35.3 Å². The number of aryl methyl sites for hydroxylation is 1. The fourth-order valence-corrected chi connectivity index (χ4v) is 2.64. The Morgan fingerprint density at radius 2 is 2.05 bits per heavy atom. The van der Waals surface area contributed by atoms with Gasteiger partial charge in [0.15, 0.2) is 11.6 Å². The van der Waals surface area contributed by atoms with E-state index in [9.17, 15) is 8.78 Å². The first-order valence-electron chi connectivity index (χ1n) is 5.86. The van der Waals surface area contributed by atoms with Gasteiger partial charge in [-0.1, -0.05) is 0 Å². The summed E-state index contributed by atoms with van der Waals surface area (Å²) in [6.07, 6.45) is 0.796. The molecule has 0 spiro atoms. The van der Waals surface area contributed by atoms with Gasteiger partial charge in [0.1, 0.15) is 5.69 Å². The molecule has 1 heterocycles. The van der Waals surface area contributed by atoms with Crippen LogP contribution >= 0.6 is 15.9 Å². The first-order valence-corrected chi connectivity index (χ1v) is 6.65. The van der Waals surface area contributed by atoms with Crippen molar-refractivity contribution in [3.8, 4) is 11.3 Å². The molecule has 3 nitrogen and oxygen atoms in total. The molecule has 1 N–H and O–H groups in total. The summed E-state index contributed by atoms with van der Waals surface area (Å²) < 4.78 is 28.8. The van der Waals surface area contributed by atoms with Crippen molar-refractivity contribution in [2.75, 3.05) is 13.6 Å². The molecule has 2 rings (SSSR count). The van der Waals surface area contributed by atoms with Crippen molar-refractivity contribution in [3.05, 3.63) is 40.0 Å². The van der Waals surface area contributed by atoms with Gasteiger partial charge in [0.2, 0.25) is 0 Å². The maximum atomic E-state index is 13.3. The Kier molecular flexibility index (Phi) is 4.31. The van der Waals surface area contributed by atoms with Crippen LogP contribution in [0.3, 0.4) is 0 Å². The molecule has 0 fully saturated rings. The number of halogens is 3. The second-order valence-electron chi connectivity index (χ2n) is 4.22. The van der Waals surface area contributed by atoms with Crippen LogP contribution in [-0.4, -0.2) is 23.4 Å². The number of benzene rings is 1. The molecule has 0 aliphatic carbocycles. The Bertz CT molecular complexity index is 596. The molecular formula is C13H14BrF2N3. The van der Waals surface area contributed by atoms with Gasteiger partial charge >= 0.3 is 0 Å². The van der Waals surface area contributed by atoms with Crippen LogP contribution < -0.4 is 5.32 Å². The Hall–Kier alpha value is -1.27. The molecule has 0 radical (unpaired) electrons. The lowest BCUT2D eigenvalue weighted by Gasteiger charge is -2.01. The van der Waals surface area contributed by atoms with Crippen LogP contribution in [0.4, 0.5) is 8.78 Å². The van der Waals surface area contributed by atoms with E-state index in [4.69, 9.17) is 0 Å². The van der Waals surface area contributed by atoms with E-state index in [0.29, 0.717) is 11.3 Å². The van der Waals surface area contributed by atoms with Crippen LogP contribution in [0.5, 0.6) is 0 Å². The van der Waals surface area contributed by atoms with Crippen molar-refractivity contribution in [3.63, 3.8) is 0 Å². The van der Waals surface area contributed by atoms with E-state index in [1.807, 2.05) is 14.1 Å². The van der Waals surface area contributed by atoms with Crippen LogP contribution in [-0.2, 0) is 13.5 Å². The molecule has 1 aromatic heterocycles. The Morgan fingerprint density at radius 1 is 1.32 bits per heavy atom. The minimum absolute atomic E-state index is 0.553. The number of rotatable bonds is 4. The topological polar surface area (TPSA) is 29.9 Å². The van der Waals surface area contributed by atoms with Crippen LogP contribution in [0.2, 0.25) is 0 Å². The zero-order valence-electron chi connectivity index (χ0n) is 10.7. The first-order chi connectivity index (χ1) is 9.04. The lowest BCUT2D eigenvalue weighted by atomic mass is 10.1. The lowest BCUT2D eigenvalue weighted by molar-refractivity contribution is 0.509. The summed E-state index contributed by atoms with van der Waals surface area (Å²) >= 11 is 3.48. The zero-order valence-corrected chi connectivity index (χ0v) is 12.3. The summed E-state index contributed by atoms with van der Waals surface area (Å²) in [5.74, 6) is -1.72. The van der Waals surface area contributed by atoms with Gasteiger partial charge in [-0.25, -0.2) is 8.78 Å². The average molecular weight is 330 g/mol. The fraction of sp³-hybridized carbons (Fsp3) is 0.308. The number of hydrogen-bond donors (Lipinski definition) is 1. The largest absolute Gasteiger partial charge is 0.319 e. The van der Waals surface area contributed by atoms with Crippen LogP contribution in [0.1, 0.15) is 5.69 Å². The van der Waals surface area contributed by atoms with Crippen molar-refractivity contribution < 1.29 is 8.78 Å². The van der Waals surface area contributed by atoms with Gasteiger partial charge in [-0.2, -0.15) is 5.10 Å². The third-order valence-electron chi connectivity index (χ3n) is 2.91. The van der Waals surface area contributed by atoms with Crippen molar-refractivity contribution in [1.82, 2.24) is 15.1 Å². The normalized spacial score (nSPS) is 11.0. The summed E-state index contributed by atoms with van der Waals surface area (Å²) in [5.41, 5.74) is 2.18. The molecule has 0 saturated heterocycles. The second kappa shape index (κ2) is 5.79. The van der Waals surface area contributed by atoms with Crippen molar-refractivity contribution >= 4 is 15.9 Å².